The molecule has 2 aromatic heterocycles. The number of hydrogen-bond acceptors (Lipinski definition) is 3. The predicted octanol–water partition coefficient (Wildman–Crippen LogP) is 3.96. The number of aromatic nitrogens is 1. The van der Waals surface area contributed by atoms with E-state index in [1.165, 1.54) is 11.3 Å². The van der Waals surface area contributed by atoms with Gasteiger partial charge in [0.15, 0.2) is 0 Å². The van der Waals surface area contributed by atoms with Gasteiger partial charge in [-0.1, -0.05) is 6.07 Å². The molecule has 0 bridgehead atoms. The third-order valence-corrected chi connectivity index (χ3v) is 4.60. The summed E-state index contributed by atoms with van der Waals surface area (Å²) in [5, 5.41) is 1.92. The van der Waals surface area contributed by atoms with Gasteiger partial charge in [0, 0.05) is 29.5 Å². The highest BCUT2D eigenvalue weighted by molar-refractivity contribution is 9.10. The van der Waals surface area contributed by atoms with Crippen molar-refractivity contribution in [2.45, 2.75) is 26.4 Å². The highest BCUT2D eigenvalue weighted by atomic mass is 79.9. The molecule has 0 saturated carbocycles. The van der Waals surface area contributed by atoms with Gasteiger partial charge in [-0.3, -0.25) is 9.78 Å². The van der Waals surface area contributed by atoms with Gasteiger partial charge in [-0.25, -0.2) is 0 Å². The summed E-state index contributed by atoms with van der Waals surface area (Å²) in [7, 11) is 0. The Labute approximate surface area is 125 Å². The zero-order valence-electron chi connectivity index (χ0n) is 10.8. The molecule has 0 aliphatic rings. The van der Waals surface area contributed by atoms with E-state index in [9.17, 15) is 4.79 Å². The third-order valence-electron chi connectivity index (χ3n) is 2.77. The van der Waals surface area contributed by atoms with Crippen LogP contribution in [0.25, 0.3) is 0 Å². The number of rotatable bonds is 4. The molecule has 0 radical (unpaired) electrons. The summed E-state index contributed by atoms with van der Waals surface area (Å²) in [6, 6.07) is 5.92. The van der Waals surface area contributed by atoms with Crippen molar-refractivity contribution in [1.29, 1.82) is 0 Å². The van der Waals surface area contributed by atoms with E-state index in [0.29, 0.717) is 6.54 Å². The zero-order chi connectivity index (χ0) is 13.8. The third kappa shape index (κ3) is 3.42. The van der Waals surface area contributed by atoms with Crippen molar-refractivity contribution >= 4 is 33.2 Å². The van der Waals surface area contributed by atoms with E-state index in [4.69, 9.17) is 0 Å². The second kappa shape index (κ2) is 6.30. The minimum absolute atomic E-state index is 0.0562. The van der Waals surface area contributed by atoms with Crippen molar-refractivity contribution in [3.05, 3.63) is 50.9 Å². The molecule has 19 heavy (non-hydrogen) atoms. The number of pyridine rings is 1. The summed E-state index contributed by atoms with van der Waals surface area (Å²) in [6.07, 6.45) is 3.53. The van der Waals surface area contributed by atoms with E-state index in [0.717, 1.165) is 14.9 Å². The molecule has 0 atom stereocenters. The van der Waals surface area contributed by atoms with Gasteiger partial charge in [-0.15, -0.1) is 11.3 Å². The summed E-state index contributed by atoms with van der Waals surface area (Å²) in [4.78, 5) is 19.3. The van der Waals surface area contributed by atoms with Gasteiger partial charge in [-0.2, -0.15) is 0 Å². The lowest BCUT2D eigenvalue weighted by molar-refractivity contribution is 0.0694. The van der Waals surface area contributed by atoms with Gasteiger partial charge in [0.25, 0.3) is 5.91 Å². The van der Waals surface area contributed by atoms with Crippen LogP contribution in [0.3, 0.4) is 0 Å². The normalized spacial score (nSPS) is 10.7. The highest BCUT2D eigenvalue weighted by Crippen LogP contribution is 2.25. The number of hydrogen-bond donors (Lipinski definition) is 0. The Hall–Kier alpha value is -1.20. The van der Waals surface area contributed by atoms with Crippen LogP contribution in [0.4, 0.5) is 0 Å². The molecule has 5 heteroatoms. The summed E-state index contributed by atoms with van der Waals surface area (Å²) < 4.78 is 0.860. The minimum Gasteiger partial charge on any atom is -0.331 e. The van der Waals surface area contributed by atoms with Gasteiger partial charge in [-0.05, 0) is 52.9 Å². The van der Waals surface area contributed by atoms with Gasteiger partial charge in [0.05, 0.1) is 0 Å². The molecular formula is C14H15BrN2OS. The molecule has 0 aliphatic carbocycles. The number of carbonyl (C=O) groups excluding carboxylic acids is 1. The quantitative estimate of drug-likeness (QED) is 0.845. The van der Waals surface area contributed by atoms with Crippen LogP contribution in [-0.2, 0) is 6.54 Å². The summed E-state index contributed by atoms with van der Waals surface area (Å²) in [5.74, 6) is 0.0562. The molecule has 0 N–H and O–H groups in total. The van der Waals surface area contributed by atoms with Gasteiger partial charge in [0.2, 0.25) is 0 Å². The fourth-order valence-corrected chi connectivity index (χ4v) is 3.25. The monoisotopic (exact) mass is 338 g/mol. The van der Waals surface area contributed by atoms with Gasteiger partial charge in [0.1, 0.15) is 4.88 Å². The standard InChI is InChI=1S/C14H15BrN2OS/c1-10(2)17(9-11-4-3-6-16-8-11)14(18)13-12(15)5-7-19-13/h3-8,10H,9H2,1-2H3. The number of amides is 1. The van der Waals surface area contributed by atoms with E-state index in [2.05, 4.69) is 20.9 Å². The minimum atomic E-state index is 0.0562. The van der Waals surface area contributed by atoms with E-state index >= 15 is 0 Å². The van der Waals surface area contributed by atoms with Crippen molar-refractivity contribution < 1.29 is 4.79 Å². The molecule has 1 amide bonds. The Morgan fingerprint density at radius 1 is 1.47 bits per heavy atom. The molecule has 0 saturated heterocycles. The lowest BCUT2D eigenvalue weighted by Gasteiger charge is -2.26. The molecule has 2 heterocycles. The van der Waals surface area contributed by atoms with Crippen LogP contribution in [0.15, 0.2) is 40.4 Å². The molecule has 2 rings (SSSR count). The Kier molecular flexibility index (Phi) is 4.71. The van der Waals surface area contributed by atoms with Crippen LogP contribution in [0.2, 0.25) is 0 Å². The largest absolute Gasteiger partial charge is 0.331 e. The van der Waals surface area contributed by atoms with Crippen LogP contribution >= 0.6 is 27.3 Å². The van der Waals surface area contributed by atoms with Crippen molar-refractivity contribution in [1.82, 2.24) is 9.88 Å². The molecule has 0 aromatic carbocycles. The van der Waals surface area contributed by atoms with Crippen LogP contribution in [0.5, 0.6) is 0 Å². The fourth-order valence-electron chi connectivity index (χ4n) is 1.75. The van der Waals surface area contributed by atoms with Crippen molar-refractivity contribution in [2.24, 2.45) is 0 Å². The Balaban J connectivity index is 2.22. The average Bonchev–Trinajstić information content (AvgIpc) is 2.82. The fraction of sp³-hybridized carbons (Fsp3) is 0.286. The second-order valence-corrected chi connectivity index (χ2v) is 6.26. The lowest BCUT2D eigenvalue weighted by atomic mass is 10.2. The maximum atomic E-state index is 12.6. The van der Waals surface area contributed by atoms with Crippen LogP contribution < -0.4 is 0 Å². The molecule has 0 unspecified atom stereocenters. The molecular weight excluding hydrogens is 324 g/mol. The number of thiophene rings is 1. The predicted molar refractivity (Wildman–Crippen MR) is 81.3 cm³/mol. The Morgan fingerprint density at radius 3 is 2.79 bits per heavy atom. The SMILES string of the molecule is CC(C)N(Cc1cccnc1)C(=O)c1sccc1Br. The molecule has 0 spiro atoms. The van der Waals surface area contributed by atoms with E-state index in [-0.39, 0.29) is 11.9 Å². The first-order valence-corrected chi connectivity index (χ1v) is 7.69. The maximum absolute atomic E-state index is 12.6. The molecule has 3 nitrogen and oxygen atoms in total. The smallest absolute Gasteiger partial charge is 0.265 e. The van der Waals surface area contributed by atoms with Crippen molar-refractivity contribution in [2.75, 3.05) is 0 Å². The van der Waals surface area contributed by atoms with E-state index in [1.54, 1.807) is 12.4 Å². The first kappa shape index (κ1) is 14.2. The number of halogens is 1. The van der Waals surface area contributed by atoms with Crippen LogP contribution in [-0.4, -0.2) is 21.8 Å². The number of nitrogens with zero attached hydrogens (tertiary/aromatic N) is 2. The van der Waals surface area contributed by atoms with Gasteiger partial charge < -0.3 is 4.90 Å². The van der Waals surface area contributed by atoms with Crippen molar-refractivity contribution in [3.8, 4) is 0 Å². The number of carbonyl (C=O) groups is 1. The highest BCUT2D eigenvalue weighted by Gasteiger charge is 2.22. The van der Waals surface area contributed by atoms with Crippen molar-refractivity contribution in [3.63, 3.8) is 0 Å². The molecule has 0 fully saturated rings. The zero-order valence-corrected chi connectivity index (χ0v) is 13.2. The summed E-state index contributed by atoms with van der Waals surface area (Å²) in [6.45, 7) is 4.63. The Morgan fingerprint density at radius 2 is 2.26 bits per heavy atom. The van der Waals surface area contributed by atoms with E-state index < -0.39 is 0 Å². The van der Waals surface area contributed by atoms with Crippen LogP contribution in [0, 0.1) is 0 Å². The Bertz CT molecular complexity index is 554. The summed E-state index contributed by atoms with van der Waals surface area (Å²) >= 11 is 4.88. The average molecular weight is 339 g/mol. The second-order valence-electron chi connectivity index (χ2n) is 4.49. The van der Waals surface area contributed by atoms with E-state index in [1.807, 2.05) is 42.3 Å². The first-order chi connectivity index (χ1) is 9.09. The lowest BCUT2D eigenvalue weighted by Crippen LogP contribution is -2.36. The maximum Gasteiger partial charge on any atom is 0.265 e. The molecule has 100 valence electrons. The first-order valence-electron chi connectivity index (χ1n) is 6.02. The molecule has 0 aliphatic heterocycles. The summed E-state index contributed by atoms with van der Waals surface area (Å²) in [5.41, 5.74) is 1.04. The molecule has 2 aromatic rings. The van der Waals surface area contributed by atoms with Gasteiger partial charge >= 0.3 is 0 Å². The topological polar surface area (TPSA) is 33.2 Å². The van der Waals surface area contributed by atoms with Crippen LogP contribution in [0.1, 0.15) is 29.1 Å².